The minimum Gasteiger partial charge on any atom is -0.482 e. The number of esters is 1. The van der Waals surface area contributed by atoms with Crippen LogP contribution >= 0.6 is 0 Å². The van der Waals surface area contributed by atoms with Crippen molar-refractivity contribution in [3.8, 4) is 11.5 Å². The molecule has 6 heteroatoms. The maximum Gasteiger partial charge on any atom is 0.352 e. The zero-order valence-electron chi connectivity index (χ0n) is 15.0. The molecule has 3 atom stereocenters. The lowest BCUT2D eigenvalue weighted by Crippen LogP contribution is -2.46. The van der Waals surface area contributed by atoms with Crippen molar-refractivity contribution in [2.75, 3.05) is 0 Å². The molecule has 27 heavy (non-hydrogen) atoms. The number of hydrogen-bond acceptors (Lipinski definition) is 5. The van der Waals surface area contributed by atoms with Gasteiger partial charge in [0, 0.05) is 11.6 Å². The van der Waals surface area contributed by atoms with Crippen LogP contribution in [0.4, 0.5) is 0 Å². The van der Waals surface area contributed by atoms with Crippen LogP contribution in [0, 0.1) is 0 Å². The number of fused-ring (bicyclic) bond motifs is 1. The molecule has 0 radical (unpaired) electrons. The standard InChI is InChI=1S/C21H21NO5/c1-13-18(26-17-10-6-5-9-16(17)25-13)21(24)27-19(14-7-3-2-4-8-14)20(23)22-15-11-12-15/h2-10,13,15,18-19H,11-12H2,1H3,(H,22,23). The summed E-state index contributed by atoms with van der Waals surface area (Å²) in [5.41, 5.74) is 0.619. The lowest BCUT2D eigenvalue weighted by Gasteiger charge is -2.31. The van der Waals surface area contributed by atoms with Gasteiger partial charge in [0.25, 0.3) is 5.91 Å². The largest absolute Gasteiger partial charge is 0.482 e. The summed E-state index contributed by atoms with van der Waals surface area (Å²) >= 11 is 0. The predicted molar refractivity (Wildman–Crippen MR) is 97.4 cm³/mol. The van der Waals surface area contributed by atoms with Gasteiger partial charge in [-0.05, 0) is 31.9 Å². The molecule has 0 aromatic heterocycles. The predicted octanol–water partition coefficient (Wildman–Crippen LogP) is 2.78. The highest BCUT2D eigenvalue weighted by atomic mass is 16.6. The van der Waals surface area contributed by atoms with Crippen LogP contribution in [0.25, 0.3) is 0 Å². The first-order valence-electron chi connectivity index (χ1n) is 9.10. The Morgan fingerprint density at radius 3 is 2.30 bits per heavy atom. The van der Waals surface area contributed by atoms with E-state index in [2.05, 4.69) is 5.32 Å². The van der Waals surface area contributed by atoms with E-state index in [1.54, 1.807) is 49.4 Å². The number of para-hydroxylation sites is 2. The summed E-state index contributed by atoms with van der Waals surface area (Å²) in [6.45, 7) is 1.74. The number of benzene rings is 2. The minimum absolute atomic E-state index is 0.169. The van der Waals surface area contributed by atoms with E-state index in [1.165, 1.54) is 0 Å². The average Bonchev–Trinajstić information content (AvgIpc) is 3.50. The number of carbonyl (C=O) groups excluding carboxylic acids is 2. The van der Waals surface area contributed by atoms with Crippen LogP contribution in [-0.4, -0.2) is 30.1 Å². The summed E-state index contributed by atoms with van der Waals surface area (Å²) < 4.78 is 17.1. The molecule has 3 unspecified atom stereocenters. The first kappa shape index (κ1) is 17.4. The second kappa shape index (κ2) is 7.31. The van der Waals surface area contributed by atoms with Gasteiger partial charge in [0.05, 0.1) is 0 Å². The molecule has 2 aromatic rings. The zero-order valence-corrected chi connectivity index (χ0v) is 15.0. The molecule has 1 heterocycles. The Bertz CT molecular complexity index is 833. The van der Waals surface area contributed by atoms with E-state index >= 15 is 0 Å². The Labute approximate surface area is 157 Å². The number of carbonyl (C=O) groups is 2. The lowest BCUT2D eigenvalue weighted by molar-refractivity contribution is -0.168. The van der Waals surface area contributed by atoms with Gasteiger partial charge >= 0.3 is 5.97 Å². The third kappa shape index (κ3) is 3.89. The quantitative estimate of drug-likeness (QED) is 0.823. The highest BCUT2D eigenvalue weighted by Gasteiger charge is 2.39. The number of rotatable bonds is 5. The molecule has 6 nitrogen and oxygen atoms in total. The Morgan fingerprint density at radius 2 is 1.63 bits per heavy atom. The maximum absolute atomic E-state index is 12.8. The van der Waals surface area contributed by atoms with Crippen LogP contribution in [-0.2, 0) is 14.3 Å². The third-order valence-electron chi connectivity index (χ3n) is 4.57. The van der Waals surface area contributed by atoms with E-state index < -0.39 is 24.3 Å². The van der Waals surface area contributed by atoms with E-state index in [9.17, 15) is 9.59 Å². The minimum atomic E-state index is -1.02. The molecule has 2 aromatic carbocycles. The number of hydrogen-bond donors (Lipinski definition) is 1. The van der Waals surface area contributed by atoms with Crippen molar-refractivity contribution in [1.82, 2.24) is 5.32 Å². The SMILES string of the molecule is CC1Oc2ccccc2OC1C(=O)OC(C(=O)NC1CC1)c1ccccc1. The fourth-order valence-electron chi connectivity index (χ4n) is 2.97. The molecule has 1 amide bonds. The molecule has 1 aliphatic carbocycles. The van der Waals surface area contributed by atoms with Crippen molar-refractivity contribution in [3.63, 3.8) is 0 Å². The van der Waals surface area contributed by atoms with Gasteiger partial charge < -0.3 is 19.5 Å². The van der Waals surface area contributed by atoms with Crippen molar-refractivity contribution in [2.45, 2.75) is 44.1 Å². The van der Waals surface area contributed by atoms with E-state index in [-0.39, 0.29) is 11.9 Å². The summed E-state index contributed by atoms with van der Waals surface area (Å²) in [6.07, 6.45) is -0.592. The van der Waals surface area contributed by atoms with Crippen LogP contribution in [0.5, 0.6) is 11.5 Å². The van der Waals surface area contributed by atoms with Crippen molar-refractivity contribution < 1.29 is 23.8 Å². The molecule has 0 saturated heterocycles. The maximum atomic E-state index is 12.8. The van der Waals surface area contributed by atoms with Gasteiger partial charge in [-0.15, -0.1) is 0 Å². The Hall–Kier alpha value is -3.02. The molecular weight excluding hydrogens is 346 g/mol. The number of ether oxygens (including phenoxy) is 3. The molecule has 1 saturated carbocycles. The van der Waals surface area contributed by atoms with Gasteiger partial charge in [-0.2, -0.15) is 0 Å². The average molecular weight is 367 g/mol. The second-order valence-electron chi connectivity index (χ2n) is 6.82. The van der Waals surface area contributed by atoms with Crippen LogP contribution < -0.4 is 14.8 Å². The molecule has 140 valence electrons. The molecule has 0 bridgehead atoms. The Morgan fingerprint density at radius 1 is 1.00 bits per heavy atom. The van der Waals surface area contributed by atoms with Gasteiger partial charge in [0.2, 0.25) is 12.2 Å². The van der Waals surface area contributed by atoms with Gasteiger partial charge in [0.15, 0.2) is 11.5 Å². The number of amides is 1. The molecule has 1 fully saturated rings. The van der Waals surface area contributed by atoms with Gasteiger partial charge in [-0.3, -0.25) is 4.79 Å². The summed E-state index contributed by atoms with van der Waals surface area (Å²) in [5, 5.41) is 2.90. The lowest BCUT2D eigenvalue weighted by atomic mass is 10.1. The van der Waals surface area contributed by atoms with Gasteiger partial charge in [0.1, 0.15) is 6.10 Å². The molecule has 1 N–H and O–H groups in total. The van der Waals surface area contributed by atoms with Crippen LogP contribution in [0.1, 0.15) is 31.4 Å². The Kier molecular flexibility index (Phi) is 4.71. The molecule has 0 spiro atoms. The van der Waals surface area contributed by atoms with Crippen LogP contribution in [0.3, 0.4) is 0 Å². The van der Waals surface area contributed by atoms with Crippen molar-refractivity contribution in [3.05, 3.63) is 60.2 Å². The van der Waals surface area contributed by atoms with Crippen LogP contribution in [0.2, 0.25) is 0 Å². The Balaban J connectivity index is 1.52. The summed E-state index contributed by atoms with van der Waals surface area (Å²) in [7, 11) is 0. The zero-order chi connectivity index (χ0) is 18.8. The summed E-state index contributed by atoms with van der Waals surface area (Å²) in [4.78, 5) is 25.4. The third-order valence-corrected chi connectivity index (χ3v) is 4.57. The summed E-state index contributed by atoms with van der Waals surface area (Å²) in [6, 6.07) is 16.3. The smallest absolute Gasteiger partial charge is 0.352 e. The van der Waals surface area contributed by atoms with E-state index in [1.807, 2.05) is 12.1 Å². The molecule has 4 rings (SSSR count). The molecule has 1 aliphatic heterocycles. The van der Waals surface area contributed by atoms with Gasteiger partial charge in [-0.1, -0.05) is 42.5 Å². The normalized spacial score (nSPS) is 21.8. The van der Waals surface area contributed by atoms with Crippen molar-refractivity contribution >= 4 is 11.9 Å². The van der Waals surface area contributed by atoms with Crippen molar-refractivity contribution in [2.24, 2.45) is 0 Å². The second-order valence-corrected chi connectivity index (χ2v) is 6.82. The fourth-order valence-corrected chi connectivity index (χ4v) is 2.97. The highest BCUT2D eigenvalue weighted by Crippen LogP contribution is 2.34. The van der Waals surface area contributed by atoms with E-state index in [0.29, 0.717) is 17.1 Å². The molecule has 2 aliphatic rings. The van der Waals surface area contributed by atoms with Gasteiger partial charge in [-0.25, -0.2) is 4.79 Å². The van der Waals surface area contributed by atoms with Crippen molar-refractivity contribution in [1.29, 1.82) is 0 Å². The first-order chi connectivity index (χ1) is 13.1. The monoisotopic (exact) mass is 367 g/mol. The first-order valence-corrected chi connectivity index (χ1v) is 9.10. The number of nitrogens with one attached hydrogen (secondary N) is 1. The van der Waals surface area contributed by atoms with Crippen LogP contribution in [0.15, 0.2) is 54.6 Å². The molecular formula is C21H21NO5. The highest BCUT2D eigenvalue weighted by molar-refractivity contribution is 5.86. The van der Waals surface area contributed by atoms with E-state index in [4.69, 9.17) is 14.2 Å². The van der Waals surface area contributed by atoms with E-state index in [0.717, 1.165) is 12.8 Å². The summed E-state index contributed by atoms with van der Waals surface area (Å²) in [5.74, 6) is 0.120. The fraction of sp³-hybridized carbons (Fsp3) is 0.333. The topological polar surface area (TPSA) is 73.9 Å².